The largest absolute Gasteiger partial charge is 0.469 e. The zero-order valence-electron chi connectivity index (χ0n) is 7.33. The number of hydrogen-bond acceptors (Lipinski definition) is 4. The van der Waals surface area contributed by atoms with Gasteiger partial charge in [0.05, 0.1) is 20.1 Å². The molecule has 0 aliphatic carbocycles. The number of esters is 2. The summed E-state index contributed by atoms with van der Waals surface area (Å²) in [4.78, 5) is 21.2. The molecule has 0 aromatic carbocycles. The number of ether oxygens (including phenoxy) is 2. The molecule has 0 aromatic heterocycles. The second-order valence-corrected chi connectivity index (χ2v) is 2.07. The van der Waals surface area contributed by atoms with Crippen molar-refractivity contribution in [3.63, 3.8) is 0 Å². The van der Waals surface area contributed by atoms with Crippen LogP contribution in [0.3, 0.4) is 0 Å². The Labute approximate surface area is 71.8 Å². The Balaban J connectivity index is 3.30. The Morgan fingerprint density at radius 1 is 1.42 bits per heavy atom. The first kappa shape index (κ1) is 10.9. The maximum atomic E-state index is 10.7. The van der Waals surface area contributed by atoms with Crippen molar-refractivity contribution in [1.82, 2.24) is 0 Å². The quantitative estimate of drug-likeness (QED) is 0.574. The minimum atomic E-state index is -0.388. The van der Waals surface area contributed by atoms with E-state index < -0.39 is 0 Å². The zero-order valence-corrected chi connectivity index (χ0v) is 7.33. The Kier molecular flexibility index (Phi) is 6.05. The summed E-state index contributed by atoms with van der Waals surface area (Å²) < 4.78 is 8.99. The van der Waals surface area contributed by atoms with Gasteiger partial charge in [-0.05, 0) is 13.3 Å². The van der Waals surface area contributed by atoms with Gasteiger partial charge in [-0.2, -0.15) is 0 Å². The van der Waals surface area contributed by atoms with Gasteiger partial charge in [-0.25, -0.2) is 0 Å². The third-order valence-electron chi connectivity index (χ3n) is 1.17. The monoisotopic (exact) mass is 173 g/mol. The molecular formula is C8H13O4. The second kappa shape index (κ2) is 6.64. The fraction of sp³-hybridized carbons (Fsp3) is 0.625. The molecule has 0 fully saturated rings. The van der Waals surface area contributed by atoms with Crippen LogP contribution in [-0.4, -0.2) is 25.7 Å². The summed E-state index contributed by atoms with van der Waals surface area (Å²) in [5.41, 5.74) is 0. The highest BCUT2D eigenvalue weighted by atomic mass is 16.5. The van der Waals surface area contributed by atoms with Crippen molar-refractivity contribution in [2.45, 2.75) is 19.8 Å². The summed E-state index contributed by atoms with van der Waals surface area (Å²) in [5.74, 6) is -0.711. The van der Waals surface area contributed by atoms with Gasteiger partial charge in [0.25, 0.3) is 0 Å². The lowest BCUT2D eigenvalue weighted by atomic mass is 10.2. The van der Waals surface area contributed by atoms with Crippen LogP contribution in [0.4, 0.5) is 0 Å². The minimum Gasteiger partial charge on any atom is -0.469 e. The lowest BCUT2D eigenvalue weighted by molar-refractivity contribution is -0.141. The van der Waals surface area contributed by atoms with E-state index in [2.05, 4.69) is 9.47 Å². The van der Waals surface area contributed by atoms with Crippen LogP contribution in [0.2, 0.25) is 0 Å². The van der Waals surface area contributed by atoms with Crippen LogP contribution in [0, 0.1) is 6.42 Å². The third-order valence-corrected chi connectivity index (χ3v) is 1.17. The number of hydrogen-bond donors (Lipinski definition) is 0. The minimum absolute atomic E-state index is 0.218. The normalized spacial score (nSPS) is 9.17. The molecule has 0 saturated carbocycles. The van der Waals surface area contributed by atoms with E-state index in [1.807, 2.05) is 0 Å². The summed E-state index contributed by atoms with van der Waals surface area (Å²) in [6.45, 7) is 2.08. The summed E-state index contributed by atoms with van der Waals surface area (Å²) in [6, 6.07) is 0. The van der Waals surface area contributed by atoms with E-state index in [-0.39, 0.29) is 18.4 Å². The highest BCUT2D eigenvalue weighted by Gasteiger charge is 2.05. The van der Waals surface area contributed by atoms with Crippen LogP contribution in [0.5, 0.6) is 0 Å². The summed E-state index contributed by atoms with van der Waals surface area (Å²) in [5, 5.41) is 0. The van der Waals surface area contributed by atoms with Crippen LogP contribution in [0.1, 0.15) is 19.8 Å². The molecule has 0 amide bonds. The van der Waals surface area contributed by atoms with E-state index in [4.69, 9.17) is 0 Å². The highest BCUT2D eigenvalue weighted by molar-refractivity contribution is 5.79. The second-order valence-electron chi connectivity index (χ2n) is 2.07. The molecule has 4 nitrogen and oxygen atoms in total. The maximum Gasteiger partial charge on any atom is 0.309 e. The first-order valence-electron chi connectivity index (χ1n) is 3.77. The topological polar surface area (TPSA) is 52.6 Å². The molecule has 0 saturated heterocycles. The molecule has 0 N–H and O–H groups in total. The van der Waals surface area contributed by atoms with Gasteiger partial charge in [0, 0.05) is 6.42 Å². The molecule has 0 aliphatic rings. The molecule has 0 atom stereocenters. The van der Waals surface area contributed by atoms with Gasteiger partial charge in [0.1, 0.15) is 0 Å². The summed E-state index contributed by atoms with van der Waals surface area (Å²) in [7, 11) is 1.31. The molecule has 0 spiro atoms. The number of carbonyl (C=O) groups excluding carboxylic acids is 2. The van der Waals surface area contributed by atoms with Crippen molar-refractivity contribution in [3.05, 3.63) is 6.42 Å². The molecule has 0 heterocycles. The Hall–Kier alpha value is -1.06. The van der Waals surface area contributed by atoms with E-state index in [0.29, 0.717) is 13.0 Å². The van der Waals surface area contributed by atoms with E-state index in [9.17, 15) is 9.59 Å². The van der Waals surface area contributed by atoms with Gasteiger partial charge < -0.3 is 9.47 Å². The first-order chi connectivity index (χ1) is 5.70. The molecule has 4 heteroatoms. The maximum absolute atomic E-state index is 10.7. The standard InChI is InChI=1S/C8H13O4/c1-3-12-8(10)6-4-5-7(9)11-2/h6H,3-5H2,1-2H3. The smallest absolute Gasteiger partial charge is 0.309 e. The van der Waals surface area contributed by atoms with Crippen molar-refractivity contribution < 1.29 is 19.1 Å². The lowest BCUT2D eigenvalue weighted by Gasteiger charge is -1.99. The van der Waals surface area contributed by atoms with Crippen molar-refractivity contribution in [2.24, 2.45) is 0 Å². The molecule has 69 valence electrons. The van der Waals surface area contributed by atoms with E-state index >= 15 is 0 Å². The van der Waals surface area contributed by atoms with Gasteiger partial charge in [-0.15, -0.1) is 0 Å². The average molecular weight is 173 g/mol. The number of carbonyl (C=O) groups is 2. The third kappa shape index (κ3) is 5.70. The molecule has 12 heavy (non-hydrogen) atoms. The highest BCUT2D eigenvalue weighted by Crippen LogP contribution is 1.97. The molecule has 0 aliphatic heterocycles. The predicted molar refractivity (Wildman–Crippen MR) is 42.2 cm³/mol. The van der Waals surface area contributed by atoms with E-state index in [1.54, 1.807) is 6.92 Å². The molecule has 0 bridgehead atoms. The average Bonchev–Trinajstić information content (AvgIpc) is 2.04. The van der Waals surface area contributed by atoms with Crippen LogP contribution in [0.15, 0.2) is 0 Å². The Bertz CT molecular complexity index is 153. The number of methoxy groups -OCH3 is 1. The molecule has 1 radical (unpaired) electrons. The van der Waals surface area contributed by atoms with Crippen LogP contribution >= 0.6 is 0 Å². The van der Waals surface area contributed by atoms with E-state index in [0.717, 1.165) is 0 Å². The molecular weight excluding hydrogens is 160 g/mol. The summed E-state index contributed by atoms with van der Waals surface area (Å²) in [6.07, 6.45) is 1.92. The SMILES string of the molecule is CCOC(=O)[CH]CCC(=O)OC. The van der Waals surface area contributed by atoms with Gasteiger partial charge in [-0.1, -0.05) is 0 Å². The molecule has 0 aromatic rings. The van der Waals surface area contributed by atoms with Gasteiger partial charge >= 0.3 is 11.9 Å². The van der Waals surface area contributed by atoms with Gasteiger partial charge in [-0.3, -0.25) is 9.59 Å². The Morgan fingerprint density at radius 3 is 2.58 bits per heavy atom. The molecule has 0 rings (SSSR count). The van der Waals surface area contributed by atoms with Crippen LogP contribution in [-0.2, 0) is 19.1 Å². The summed E-state index contributed by atoms with van der Waals surface area (Å²) >= 11 is 0. The van der Waals surface area contributed by atoms with Crippen molar-refractivity contribution >= 4 is 11.9 Å². The van der Waals surface area contributed by atoms with Crippen molar-refractivity contribution in [1.29, 1.82) is 0 Å². The first-order valence-corrected chi connectivity index (χ1v) is 3.77. The van der Waals surface area contributed by atoms with Crippen molar-refractivity contribution in [2.75, 3.05) is 13.7 Å². The molecule has 0 unspecified atom stereocenters. The predicted octanol–water partition coefficient (Wildman–Crippen LogP) is 0.707. The van der Waals surface area contributed by atoms with Gasteiger partial charge in [0.15, 0.2) is 0 Å². The van der Waals surface area contributed by atoms with Gasteiger partial charge in [0.2, 0.25) is 0 Å². The van der Waals surface area contributed by atoms with E-state index in [1.165, 1.54) is 13.5 Å². The fourth-order valence-electron chi connectivity index (χ4n) is 0.611. The van der Waals surface area contributed by atoms with Crippen molar-refractivity contribution in [3.8, 4) is 0 Å². The fourth-order valence-corrected chi connectivity index (χ4v) is 0.611. The zero-order chi connectivity index (χ0) is 9.40. The number of rotatable bonds is 5. The van der Waals surface area contributed by atoms with Crippen LogP contribution < -0.4 is 0 Å². The lowest BCUT2D eigenvalue weighted by Crippen LogP contribution is -2.06. The Morgan fingerprint density at radius 2 is 2.08 bits per heavy atom. The van der Waals surface area contributed by atoms with Crippen LogP contribution in [0.25, 0.3) is 0 Å².